The lowest BCUT2D eigenvalue weighted by molar-refractivity contribution is -0.118. The molecule has 2 aromatic rings. The lowest BCUT2D eigenvalue weighted by Gasteiger charge is -2.09. The van der Waals surface area contributed by atoms with Crippen LogP contribution in [-0.4, -0.2) is 48.4 Å². The zero-order valence-electron chi connectivity index (χ0n) is 14.2. The Morgan fingerprint density at radius 3 is 2.68 bits per heavy atom. The highest BCUT2D eigenvalue weighted by atomic mass is 32.2. The second-order valence-electron chi connectivity index (χ2n) is 5.93. The number of nitrogens with zero attached hydrogens (tertiary/aromatic N) is 2. The number of nitrogens with one attached hydrogen (secondary N) is 2. The molecule has 1 atom stereocenters. The van der Waals surface area contributed by atoms with Gasteiger partial charge in [-0.1, -0.05) is 23.9 Å². The van der Waals surface area contributed by atoms with Gasteiger partial charge in [0.05, 0.1) is 12.9 Å². The van der Waals surface area contributed by atoms with E-state index in [1.54, 1.807) is 19.5 Å². The van der Waals surface area contributed by atoms with Crippen LogP contribution in [0, 0.1) is 5.92 Å². The Kier molecular flexibility index (Phi) is 6.25. The third-order valence-electron chi connectivity index (χ3n) is 4.13. The summed E-state index contributed by atoms with van der Waals surface area (Å²) in [5.74, 6) is 1.73. The number of aromatic nitrogens is 2. The minimum Gasteiger partial charge on any atom is -0.497 e. The maximum Gasteiger partial charge on any atom is 0.230 e. The summed E-state index contributed by atoms with van der Waals surface area (Å²) in [6, 6.07) is 7.75. The van der Waals surface area contributed by atoms with Crippen LogP contribution in [0.4, 0.5) is 0 Å². The van der Waals surface area contributed by atoms with Crippen LogP contribution in [0.25, 0.3) is 11.1 Å². The van der Waals surface area contributed by atoms with Crippen molar-refractivity contribution in [3.05, 3.63) is 36.7 Å². The van der Waals surface area contributed by atoms with E-state index < -0.39 is 0 Å². The molecule has 1 saturated heterocycles. The van der Waals surface area contributed by atoms with Gasteiger partial charge < -0.3 is 15.4 Å². The molecule has 6 nitrogen and oxygen atoms in total. The van der Waals surface area contributed by atoms with Crippen LogP contribution in [0.15, 0.2) is 41.8 Å². The fourth-order valence-electron chi connectivity index (χ4n) is 2.65. The zero-order chi connectivity index (χ0) is 17.5. The van der Waals surface area contributed by atoms with Crippen LogP contribution < -0.4 is 15.4 Å². The van der Waals surface area contributed by atoms with E-state index in [1.807, 2.05) is 24.3 Å². The van der Waals surface area contributed by atoms with Crippen molar-refractivity contribution < 1.29 is 9.53 Å². The summed E-state index contributed by atoms with van der Waals surface area (Å²) in [5.41, 5.74) is 1.96. The van der Waals surface area contributed by atoms with Gasteiger partial charge in [0.1, 0.15) is 5.75 Å². The summed E-state index contributed by atoms with van der Waals surface area (Å²) in [5, 5.41) is 6.88. The van der Waals surface area contributed by atoms with Crippen molar-refractivity contribution in [1.29, 1.82) is 0 Å². The molecular weight excluding hydrogens is 336 g/mol. The Morgan fingerprint density at radius 1 is 1.28 bits per heavy atom. The van der Waals surface area contributed by atoms with Crippen molar-refractivity contribution in [3.8, 4) is 16.9 Å². The zero-order valence-corrected chi connectivity index (χ0v) is 15.0. The number of benzene rings is 1. The molecule has 25 heavy (non-hydrogen) atoms. The highest BCUT2D eigenvalue weighted by molar-refractivity contribution is 7.99. The molecule has 1 amide bonds. The van der Waals surface area contributed by atoms with Gasteiger partial charge in [-0.15, -0.1) is 0 Å². The number of rotatable bonds is 7. The molecule has 1 fully saturated rings. The molecule has 0 spiro atoms. The van der Waals surface area contributed by atoms with Gasteiger partial charge in [-0.25, -0.2) is 9.97 Å². The van der Waals surface area contributed by atoms with Gasteiger partial charge in [-0.3, -0.25) is 4.79 Å². The molecule has 0 saturated carbocycles. The van der Waals surface area contributed by atoms with Gasteiger partial charge >= 0.3 is 0 Å². The number of hydrogen-bond acceptors (Lipinski definition) is 6. The van der Waals surface area contributed by atoms with Crippen LogP contribution >= 0.6 is 11.8 Å². The van der Waals surface area contributed by atoms with Gasteiger partial charge in [-0.05, 0) is 43.1 Å². The molecule has 1 unspecified atom stereocenters. The van der Waals surface area contributed by atoms with Crippen molar-refractivity contribution in [3.63, 3.8) is 0 Å². The highest BCUT2D eigenvalue weighted by Crippen LogP contribution is 2.22. The molecule has 0 bridgehead atoms. The van der Waals surface area contributed by atoms with Crippen molar-refractivity contribution in [1.82, 2.24) is 20.6 Å². The Balaban J connectivity index is 1.47. The van der Waals surface area contributed by atoms with E-state index in [0.717, 1.165) is 42.9 Å². The number of methoxy groups -OCH3 is 1. The molecule has 0 aliphatic carbocycles. The van der Waals surface area contributed by atoms with E-state index in [4.69, 9.17) is 4.74 Å². The minimum atomic E-state index is 0.0275. The first-order chi connectivity index (χ1) is 12.2. The molecule has 1 aromatic heterocycles. The number of ether oxygens (including phenoxy) is 1. The molecule has 1 aliphatic heterocycles. The summed E-state index contributed by atoms with van der Waals surface area (Å²) >= 11 is 1.35. The number of carbonyl (C=O) groups excluding carboxylic acids is 1. The summed E-state index contributed by atoms with van der Waals surface area (Å²) < 4.78 is 5.15. The largest absolute Gasteiger partial charge is 0.497 e. The van der Waals surface area contributed by atoms with Crippen LogP contribution in [-0.2, 0) is 4.79 Å². The smallest absolute Gasteiger partial charge is 0.230 e. The number of hydrogen-bond donors (Lipinski definition) is 2. The van der Waals surface area contributed by atoms with Crippen molar-refractivity contribution in [2.45, 2.75) is 11.6 Å². The molecule has 2 N–H and O–H groups in total. The van der Waals surface area contributed by atoms with E-state index >= 15 is 0 Å². The van der Waals surface area contributed by atoms with E-state index in [1.165, 1.54) is 11.8 Å². The maximum atomic E-state index is 11.9. The van der Waals surface area contributed by atoms with Crippen molar-refractivity contribution in [2.24, 2.45) is 5.92 Å². The van der Waals surface area contributed by atoms with E-state index in [2.05, 4.69) is 20.6 Å². The van der Waals surface area contributed by atoms with Crippen LogP contribution in [0.2, 0.25) is 0 Å². The van der Waals surface area contributed by atoms with Gasteiger partial charge in [0.2, 0.25) is 5.91 Å². The Hall–Kier alpha value is -2.12. The van der Waals surface area contributed by atoms with Crippen LogP contribution in [0.3, 0.4) is 0 Å². The van der Waals surface area contributed by atoms with Crippen molar-refractivity contribution in [2.75, 3.05) is 32.5 Å². The standard InChI is InChI=1S/C18H22N4O2S/c1-24-16-4-2-14(3-5-16)15-10-21-18(22-11-15)25-12-17(23)20-9-13-6-7-19-8-13/h2-5,10-11,13,19H,6-9,12H2,1H3,(H,20,23). The maximum absolute atomic E-state index is 11.9. The molecule has 1 aliphatic rings. The summed E-state index contributed by atoms with van der Waals surface area (Å²) in [7, 11) is 1.64. The normalized spacial score (nSPS) is 16.6. The van der Waals surface area contributed by atoms with Gasteiger partial charge in [0.25, 0.3) is 0 Å². The monoisotopic (exact) mass is 358 g/mol. The Morgan fingerprint density at radius 2 is 2.04 bits per heavy atom. The second-order valence-corrected chi connectivity index (χ2v) is 6.88. The van der Waals surface area contributed by atoms with E-state index in [0.29, 0.717) is 16.8 Å². The predicted octanol–water partition coefficient (Wildman–Crippen LogP) is 1.97. The Labute approximate surface area is 151 Å². The number of amides is 1. The summed E-state index contributed by atoms with van der Waals surface area (Å²) in [6.45, 7) is 2.77. The molecule has 1 aromatic carbocycles. The molecule has 0 radical (unpaired) electrons. The fraction of sp³-hybridized carbons (Fsp3) is 0.389. The van der Waals surface area contributed by atoms with Crippen molar-refractivity contribution >= 4 is 17.7 Å². The fourth-order valence-corrected chi connectivity index (χ4v) is 3.27. The third kappa shape index (κ3) is 5.17. The molecule has 2 heterocycles. The molecule has 7 heteroatoms. The second kappa shape index (κ2) is 8.82. The van der Waals surface area contributed by atoms with Gasteiger partial charge in [0, 0.05) is 24.5 Å². The molecule has 3 rings (SSSR count). The molecular formula is C18H22N4O2S. The summed E-state index contributed by atoms with van der Waals surface area (Å²) in [6.07, 6.45) is 4.68. The first kappa shape index (κ1) is 17.7. The average molecular weight is 358 g/mol. The van der Waals surface area contributed by atoms with Crippen LogP contribution in [0.5, 0.6) is 5.75 Å². The SMILES string of the molecule is COc1ccc(-c2cnc(SCC(=O)NCC3CCNC3)nc2)cc1. The van der Waals surface area contributed by atoms with E-state index in [-0.39, 0.29) is 5.91 Å². The lowest BCUT2D eigenvalue weighted by atomic mass is 10.1. The van der Waals surface area contributed by atoms with Gasteiger partial charge in [-0.2, -0.15) is 0 Å². The Bertz CT molecular complexity index is 685. The minimum absolute atomic E-state index is 0.0275. The topological polar surface area (TPSA) is 76.1 Å². The number of thioether (sulfide) groups is 1. The average Bonchev–Trinajstić information content (AvgIpc) is 3.19. The predicted molar refractivity (Wildman–Crippen MR) is 98.7 cm³/mol. The molecule has 132 valence electrons. The highest BCUT2D eigenvalue weighted by Gasteiger charge is 2.15. The lowest BCUT2D eigenvalue weighted by Crippen LogP contribution is -2.31. The van der Waals surface area contributed by atoms with Gasteiger partial charge in [0.15, 0.2) is 5.16 Å². The first-order valence-corrected chi connectivity index (χ1v) is 9.30. The third-order valence-corrected chi connectivity index (χ3v) is 5.01. The number of carbonyl (C=O) groups is 1. The quantitative estimate of drug-likeness (QED) is 0.582. The first-order valence-electron chi connectivity index (χ1n) is 8.31. The summed E-state index contributed by atoms with van der Waals surface area (Å²) in [4.78, 5) is 20.6. The van der Waals surface area contributed by atoms with Crippen LogP contribution in [0.1, 0.15) is 6.42 Å². The van der Waals surface area contributed by atoms with E-state index in [9.17, 15) is 4.79 Å².